The van der Waals surface area contributed by atoms with Crippen LogP contribution in [0.15, 0.2) is 36.7 Å². The Labute approximate surface area is 180 Å². The molecule has 0 saturated carbocycles. The summed E-state index contributed by atoms with van der Waals surface area (Å²) in [5.74, 6) is -0.0365. The minimum absolute atomic E-state index is 0.0731. The van der Waals surface area contributed by atoms with Gasteiger partial charge in [-0.3, -0.25) is 14.6 Å². The van der Waals surface area contributed by atoms with Gasteiger partial charge < -0.3 is 15.2 Å². The Morgan fingerprint density at radius 1 is 1.29 bits per heavy atom. The normalized spacial score (nSPS) is 16.6. The molecule has 0 aliphatic carbocycles. The summed E-state index contributed by atoms with van der Waals surface area (Å²) in [6.45, 7) is 3.81. The number of rotatable bonds is 6. The first kappa shape index (κ1) is 21.0. The van der Waals surface area contributed by atoms with E-state index in [9.17, 15) is 14.0 Å². The average molecular weight is 423 g/mol. The third kappa shape index (κ3) is 4.42. The molecule has 1 aromatic carbocycles. The third-order valence-corrected chi connectivity index (χ3v) is 5.92. The van der Waals surface area contributed by atoms with Crippen LogP contribution >= 0.6 is 0 Å². The van der Waals surface area contributed by atoms with Crippen LogP contribution in [-0.2, 0) is 17.8 Å². The number of amides is 2. The number of nitrogens with two attached hydrogens (primary N) is 1. The average Bonchev–Trinajstić information content (AvgIpc) is 3.24. The van der Waals surface area contributed by atoms with Crippen LogP contribution in [0, 0.1) is 5.82 Å². The number of pyridine rings is 1. The minimum atomic E-state index is -0.593. The maximum Gasteiger partial charge on any atom is 0.250 e. The fourth-order valence-corrected chi connectivity index (χ4v) is 4.33. The third-order valence-electron chi connectivity index (χ3n) is 5.92. The Morgan fingerprint density at radius 3 is 2.90 bits per heavy atom. The highest BCUT2D eigenvalue weighted by Gasteiger charge is 2.28. The molecule has 8 heteroatoms. The van der Waals surface area contributed by atoms with E-state index >= 15 is 0 Å². The van der Waals surface area contributed by atoms with Crippen LogP contribution in [0.4, 0.5) is 4.39 Å². The first-order valence-corrected chi connectivity index (χ1v) is 10.6. The zero-order valence-corrected chi connectivity index (χ0v) is 17.6. The summed E-state index contributed by atoms with van der Waals surface area (Å²) in [6.07, 6.45) is 6.49. The maximum atomic E-state index is 13.6. The Kier molecular flexibility index (Phi) is 5.97. The molecule has 4 rings (SSSR count). The van der Waals surface area contributed by atoms with Gasteiger partial charge in [0.25, 0.3) is 5.91 Å². The molecule has 1 unspecified atom stereocenters. The van der Waals surface area contributed by atoms with Crippen molar-refractivity contribution in [1.82, 2.24) is 19.4 Å². The quantitative estimate of drug-likeness (QED) is 0.659. The number of carbonyl (C=O) groups excluding carboxylic acids is 2. The second-order valence-electron chi connectivity index (χ2n) is 7.94. The van der Waals surface area contributed by atoms with Gasteiger partial charge in [-0.2, -0.15) is 0 Å². The molecule has 31 heavy (non-hydrogen) atoms. The van der Waals surface area contributed by atoms with Gasteiger partial charge in [0, 0.05) is 56.2 Å². The topological polar surface area (TPSA) is 94.1 Å². The SMILES string of the molecule is CCc1nccn1CCC(=O)N1CCCC(c2nc3ccc(F)cc3cc2C(N)=O)C1. The number of primary amides is 1. The lowest BCUT2D eigenvalue weighted by atomic mass is 9.90. The number of likely N-dealkylation sites (tertiary alicyclic amines) is 1. The molecule has 3 aromatic rings. The van der Waals surface area contributed by atoms with Crippen molar-refractivity contribution in [2.75, 3.05) is 13.1 Å². The number of carbonyl (C=O) groups is 2. The first-order valence-electron chi connectivity index (χ1n) is 10.6. The van der Waals surface area contributed by atoms with Crippen molar-refractivity contribution in [2.45, 2.75) is 45.1 Å². The largest absolute Gasteiger partial charge is 0.366 e. The van der Waals surface area contributed by atoms with E-state index in [1.807, 2.05) is 22.6 Å². The van der Waals surface area contributed by atoms with Crippen LogP contribution in [0.25, 0.3) is 10.9 Å². The zero-order chi connectivity index (χ0) is 22.0. The van der Waals surface area contributed by atoms with Crippen LogP contribution < -0.4 is 5.73 Å². The molecule has 1 saturated heterocycles. The molecule has 1 aliphatic rings. The molecule has 162 valence electrons. The summed E-state index contributed by atoms with van der Waals surface area (Å²) in [5.41, 5.74) is 7.11. The maximum absolute atomic E-state index is 13.6. The predicted octanol–water partition coefficient (Wildman–Crippen LogP) is 3.03. The van der Waals surface area contributed by atoms with Gasteiger partial charge >= 0.3 is 0 Å². The molecule has 0 radical (unpaired) electrons. The van der Waals surface area contributed by atoms with E-state index in [0.29, 0.717) is 48.2 Å². The van der Waals surface area contributed by atoms with E-state index in [0.717, 1.165) is 25.1 Å². The first-order chi connectivity index (χ1) is 15.0. The number of aromatic nitrogens is 3. The summed E-state index contributed by atoms with van der Waals surface area (Å²) in [6, 6.07) is 5.90. The van der Waals surface area contributed by atoms with E-state index in [-0.39, 0.29) is 11.8 Å². The van der Waals surface area contributed by atoms with Crippen molar-refractivity contribution < 1.29 is 14.0 Å². The van der Waals surface area contributed by atoms with Crippen LogP contribution in [0.3, 0.4) is 0 Å². The molecule has 1 fully saturated rings. The second kappa shape index (κ2) is 8.83. The van der Waals surface area contributed by atoms with Crippen molar-refractivity contribution >= 4 is 22.7 Å². The molecule has 0 spiro atoms. The number of halogens is 1. The fraction of sp³-hybridized carbons (Fsp3) is 0.391. The van der Waals surface area contributed by atoms with Gasteiger partial charge in [0.2, 0.25) is 5.91 Å². The van der Waals surface area contributed by atoms with Crippen molar-refractivity contribution in [3.63, 3.8) is 0 Å². The van der Waals surface area contributed by atoms with Gasteiger partial charge in [-0.05, 0) is 37.1 Å². The van der Waals surface area contributed by atoms with Gasteiger partial charge in [0.1, 0.15) is 11.6 Å². The van der Waals surface area contributed by atoms with E-state index in [4.69, 9.17) is 5.73 Å². The second-order valence-corrected chi connectivity index (χ2v) is 7.94. The molecule has 2 N–H and O–H groups in total. The van der Waals surface area contributed by atoms with Crippen LogP contribution in [0.5, 0.6) is 0 Å². The molecule has 7 nitrogen and oxygen atoms in total. The monoisotopic (exact) mass is 423 g/mol. The standard InChI is InChI=1S/C23H26FN5O2/c1-2-20-26-8-11-28(20)10-7-21(30)29-9-3-4-15(14-29)22-18(23(25)31)13-16-12-17(24)5-6-19(16)27-22/h5-6,8,11-13,15H,2-4,7,9-10,14H2,1H3,(H2,25,31). The Morgan fingerprint density at radius 2 is 2.13 bits per heavy atom. The summed E-state index contributed by atoms with van der Waals surface area (Å²) in [5, 5.41) is 0.536. The van der Waals surface area contributed by atoms with E-state index in [1.165, 1.54) is 12.1 Å². The lowest BCUT2D eigenvalue weighted by Crippen LogP contribution is -2.40. The summed E-state index contributed by atoms with van der Waals surface area (Å²) < 4.78 is 15.6. The molecular formula is C23H26FN5O2. The van der Waals surface area contributed by atoms with Gasteiger partial charge in [-0.1, -0.05) is 6.92 Å². The smallest absolute Gasteiger partial charge is 0.250 e. The number of hydrogen-bond acceptors (Lipinski definition) is 4. The van der Waals surface area contributed by atoms with Crippen LogP contribution in [0.2, 0.25) is 0 Å². The summed E-state index contributed by atoms with van der Waals surface area (Å²) >= 11 is 0. The van der Waals surface area contributed by atoms with Gasteiger partial charge in [0.15, 0.2) is 0 Å². The molecular weight excluding hydrogens is 397 g/mol. The number of imidazole rings is 1. The van der Waals surface area contributed by atoms with Crippen molar-refractivity contribution in [3.8, 4) is 0 Å². The molecule has 2 amide bonds. The summed E-state index contributed by atoms with van der Waals surface area (Å²) in [4.78, 5) is 35.8. The number of aryl methyl sites for hydroxylation is 2. The molecule has 1 aliphatic heterocycles. The van der Waals surface area contributed by atoms with E-state index < -0.39 is 11.7 Å². The number of nitrogens with zero attached hydrogens (tertiary/aromatic N) is 4. The highest BCUT2D eigenvalue weighted by molar-refractivity contribution is 5.97. The lowest BCUT2D eigenvalue weighted by molar-refractivity contribution is -0.132. The van der Waals surface area contributed by atoms with Gasteiger partial charge in [-0.15, -0.1) is 0 Å². The zero-order valence-electron chi connectivity index (χ0n) is 17.6. The van der Waals surface area contributed by atoms with Crippen LogP contribution in [0.1, 0.15) is 54.0 Å². The highest BCUT2D eigenvalue weighted by atomic mass is 19.1. The predicted molar refractivity (Wildman–Crippen MR) is 115 cm³/mol. The Hall–Kier alpha value is -3.29. The van der Waals surface area contributed by atoms with E-state index in [1.54, 1.807) is 18.3 Å². The number of fused-ring (bicyclic) bond motifs is 1. The van der Waals surface area contributed by atoms with Crippen LogP contribution in [-0.4, -0.2) is 44.3 Å². The molecule has 2 aromatic heterocycles. The highest BCUT2D eigenvalue weighted by Crippen LogP contribution is 2.30. The number of piperidine rings is 1. The van der Waals surface area contributed by atoms with Crippen molar-refractivity contribution in [2.24, 2.45) is 5.73 Å². The molecule has 3 heterocycles. The molecule has 1 atom stereocenters. The molecule has 0 bridgehead atoms. The lowest BCUT2D eigenvalue weighted by Gasteiger charge is -2.33. The van der Waals surface area contributed by atoms with Crippen molar-refractivity contribution in [1.29, 1.82) is 0 Å². The fourth-order valence-electron chi connectivity index (χ4n) is 4.33. The van der Waals surface area contributed by atoms with Gasteiger partial charge in [0.05, 0.1) is 16.8 Å². The Balaban J connectivity index is 1.53. The number of hydrogen-bond donors (Lipinski definition) is 1. The Bertz CT molecular complexity index is 1130. The van der Waals surface area contributed by atoms with Crippen molar-refractivity contribution in [3.05, 3.63) is 59.6 Å². The number of benzene rings is 1. The van der Waals surface area contributed by atoms with E-state index in [2.05, 4.69) is 9.97 Å². The minimum Gasteiger partial charge on any atom is -0.366 e. The van der Waals surface area contributed by atoms with Gasteiger partial charge in [-0.25, -0.2) is 9.37 Å². The summed E-state index contributed by atoms with van der Waals surface area (Å²) in [7, 11) is 0.